The minimum atomic E-state index is -0.334. The molecule has 8 heteroatoms. The molecule has 1 amide bonds. The van der Waals surface area contributed by atoms with Crippen LogP contribution < -0.4 is 5.32 Å². The Balaban J connectivity index is 1.76. The maximum Gasteiger partial charge on any atom is 0.225 e. The summed E-state index contributed by atoms with van der Waals surface area (Å²) in [7, 11) is 0. The van der Waals surface area contributed by atoms with Crippen molar-refractivity contribution in [3.8, 4) is 11.5 Å². The van der Waals surface area contributed by atoms with Crippen molar-refractivity contribution in [2.75, 3.05) is 11.2 Å². The van der Waals surface area contributed by atoms with Gasteiger partial charge in [0.1, 0.15) is 11.5 Å². The summed E-state index contributed by atoms with van der Waals surface area (Å²) in [4.78, 5) is 19.2. The molecule has 4 rings (SSSR count). The molecular formula is C17H13ClFN5O. The molecule has 126 valence electrons. The van der Waals surface area contributed by atoms with E-state index in [9.17, 15) is 9.18 Å². The van der Waals surface area contributed by atoms with Gasteiger partial charge in [0, 0.05) is 23.4 Å². The smallest absolute Gasteiger partial charge is 0.225 e. The highest BCUT2D eigenvalue weighted by Gasteiger charge is 2.14. The van der Waals surface area contributed by atoms with Gasteiger partial charge in [-0.15, -0.1) is 11.6 Å². The van der Waals surface area contributed by atoms with Gasteiger partial charge in [-0.1, -0.05) is 0 Å². The number of amides is 1. The first-order valence-corrected chi connectivity index (χ1v) is 8.17. The molecule has 0 aliphatic heterocycles. The third-order valence-corrected chi connectivity index (χ3v) is 4.03. The lowest BCUT2D eigenvalue weighted by atomic mass is 10.2. The summed E-state index contributed by atoms with van der Waals surface area (Å²) in [5.41, 5.74) is 3.29. The summed E-state index contributed by atoms with van der Waals surface area (Å²) in [6, 6.07) is 9.78. The molecule has 6 nitrogen and oxygen atoms in total. The number of hydrogen-bond acceptors (Lipinski definition) is 3. The Kier molecular flexibility index (Phi) is 3.85. The van der Waals surface area contributed by atoms with E-state index in [-0.39, 0.29) is 24.0 Å². The Bertz CT molecular complexity index is 1090. The molecule has 2 aromatic carbocycles. The van der Waals surface area contributed by atoms with E-state index in [0.717, 1.165) is 10.9 Å². The van der Waals surface area contributed by atoms with Crippen LogP contribution >= 0.6 is 11.6 Å². The zero-order valence-electron chi connectivity index (χ0n) is 12.9. The second kappa shape index (κ2) is 6.18. The minimum Gasteiger partial charge on any atom is -0.336 e. The van der Waals surface area contributed by atoms with Crippen LogP contribution in [0.3, 0.4) is 0 Å². The second-order valence-corrected chi connectivity index (χ2v) is 5.94. The van der Waals surface area contributed by atoms with Gasteiger partial charge in [-0.25, -0.2) is 9.37 Å². The lowest BCUT2D eigenvalue weighted by Gasteiger charge is -2.04. The van der Waals surface area contributed by atoms with E-state index in [0.29, 0.717) is 28.2 Å². The van der Waals surface area contributed by atoms with E-state index >= 15 is 0 Å². The number of aromatic nitrogens is 4. The molecule has 25 heavy (non-hydrogen) atoms. The SMILES string of the molecule is O=C(CCCl)Nc1ccc2[nH]nc(-c3nc4ccc(F)cc4[nH]3)c2c1. The zero-order valence-corrected chi connectivity index (χ0v) is 13.7. The number of anilines is 1. The first-order chi connectivity index (χ1) is 12.1. The minimum absolute atomic E-state index is 0.154. The number of nitrogens with zero attached hydrogens (tertiary/aromatic N) is 2. The Morgan fingerprint density at radius 2 is 2.08 bits per heavy atom. The number of halogens is 2. The summed E-state index contributed by atoms with van der Waals surface area (Å²) < 4.78 is 13.4. The molecule has 0 bridgehead atoms. The number of alkyl halides is 1. The molecule has 2 aromatic heterocycles. The number of hydrogen-bond donors (Lipinski definition) is 3. The number of H-pyrrole nitrogens is 2. The third-order valence-electron chi connectivity index (χ3n) is 3.84. The Hall–Kier alpha value is -2.93. The maximum atomic E-state index is 13.4. The van der Waals surface area contributed by atoms with Crippen LogP contribution in [0.1, 0.15) is 6.42 Å². The van der Waals surface area contributed by atoms with Crippen molar-refractivity contribution in [1.82, 2.24) is 20.2 Å². The van der Waals surface area contributed by atoms with E-state index < -0.39 is 0 Å². The highest BCUT2D eigenvalue weighted by atomic mass is 35.5. The van der Waals surface area contributed by atoms with Gasteiger partial charge in [-0.2, -0.15) is 5.10 Å². The molecule has 0 unspecified atom stereocenters. The highest BCUT2D eigenvalue weighted by Crippen LogP contribution is 2.28. The number of nitrogens with one attached hydrogen (secondary N) is 3. The summed E-state index contributed by atoms with van der Waals surface area (Å²) in [6.07, 6.45) is 0.243. The van der Waals surface area contributed by atoms with Gasteiger partial charge in [-0.3, -0.25) is 9.89 Å². The number of rotatable bonds is 4. The van der Waals surface area contributed by atoms with Gasteiger partial charge in [-0.05, 0) is 36.4 Å². The quantitative estimate of drug-likeness (QED) is 0.485. The molecule has 4 aromatic rings. The normalized spacial score (nSPS) is 11.3. The number of carbonyl (C=O) groups is 1. The Morgan fingerprint density at radius 1 is 1.20 bits per heavy atom. The Morgan fingerprint density at radius 3 is 2.92 bits per heavy atom. The largest absolute Gasteiger partial charge is 0.336 e. The lowest BCUT2D eigenvalue weighted by Crippen LogP contribution is -2.11. The summed E-state index contributed by atoms with van der Waals surface area (Å²) in [5.74, 6) is 0.300. The average molecular weight is 358 g/mol. The van der Waals surface area contributed by atoms with E-state index in [2.05, 4.69) is 25.5 Å². The van der Waals surface area contributed by atoms with Crippen LogP contribution in [0, 0.1) is 5.82 Å². The fourth-order valence-corrected chi connectivity index (χ4v) is 2.85. The maximum absolute atomic E-state index is 13.4. The third kappa shape index (κ3) is 2.94. The fraction of sp³-hybridized carbons (Fsp3) is 0.118. The molecular weight excluding hydrogens is 345 g/mol. The van der Waals surface area contributed by atoms with Crippen LogP contribution in [0.5, 0.6) is 0 Å². The summed E-state index contributed by atoms with van der Waals surface area (Å²) in [5, 5.41) is 10.8. The van der Waals surface area contributed by atoms with Gasteiger partial charge < -0.3 is 10.3 Å². The van der Waals surface area contributed by atoms with E-state index in [4.69, 9.17) is 11.6 Å². The number of aromatic amines is 2. The lowest BCUT2D eigenvalue weighted by molar-refractivity contribution is -0.115. The molecule has 2 heterocycles. The Labute approximate surface area is 146 Å². The predicted molar refractivity (Wildman–Crippen MR) is 95.1 cm³/mol. The molecule has 0 atom stereocenters. The second-order valence-electron chi connectivity index (χ2n) is 5.57. The molecule has 0 saturated carbocycles. The van der Waals surface area contributed by atoms with Crippen LogP contribution in [0.2, 0.25) is 0 Å². The van der Waals surface area contributed by atoms with E-state index in [1.54, 1.807) is 12.1 Å². The number of fused-ring (bicyclic) bond motifs is 2. The van der Waals surface area contributed by atoms with Gasteiger partial charge >= 0.3 is 0 Å². The van der Waals surface area contributed by atoms with Crippen LogP contribution in [0.25, 0.3) is 33.5 Å². The van der Waals surface area contributed by atoms with Crippen LogP contribution in [-0.4, -0.2) is 32.0 Å². The average Bonchev–Trinajstić information content (AvgIpc) is 3.17. The van der Waals surface area contributed by atoms with Crippen molar-refractivity contribution in [3.05, 3.63) is 42.2 Å². The first kappa shape index (κ1) is 15.6. The van der Waals surface area contributed by atoms with E-state index in [1.807, 2.05) is 12.1 Å². The monoisotopic (exact) mass is 357 g/mol. The number of carbonyl (C=O) groups excluding carboxylic acids is 1. The van der Waals surface area contributed by atoms with E-state index in [1.165, 1.54) is 12.1 Å². The van der Waals surface area contributed by atoms with Crippen molar-refractivity contribution in [2.24, 2.45) is 0 Å². The number of benzene rings is 2. The van der Waals surface area contributed by atoms with Crippen LogP contribution in [-0.2, 0) is 4.79 Å². The molecule has 0 spiro atoms. The highest BCUT2D eigenvalue weighted by molar-refractivity contribution is 6.19. The van der Waals surface area contributed by atoms with Gasteiger partial charge in [0.15, 0.2) is 5.82 Å². The van der Waals surface area contributed by atoms with Gasteiger partial charge in [0.05, 0.1) is 16.6 Å². The van der Waals surface area contributed by atoms with Crippen molar-refractivity contribution in [3.63, 3.8) is 0 Å². The van der Waals surface area contributed by atoms with Crippen molar-refractivity contribution < 1.29 is 9.18 Å². The van der Waals surface area contributed by atoms with Crippen molar-refractivity contribution in [2.45, 2.75) is 6.42 Å². The molecule has 0 aliphatic carbocycles. The van der Waals surface area contributed by atoms with Crippen molar-refractivity contribution >= 4 is 45.1 Å². The van der Waals surface area contributed by atoms with Gasteiger partial charge in [0.25, 0.3) is 0 Å². The zero-order chi connectivity index (χ0) is 17.4. The molecule has 0 saturated heterocycles. The first-order valence-electron chi connectivity index (χ1n) is 7.63. The summed E-state index contributed by atoms with van der Waals surface area (Å²) >= 11 is 5.58. The summed E-state index contributed by atoms with van der Waals surface area (Å²) in [6.45, 7) is 0. The fourth-order valence-electron chi connectivity index (χ4n) is 2.68. The van der Waals surface area contributed by atoms with Crippen LogP contribution in [0.4, 0.5) is 10.1 Å². The van der Waals surface area contributed by atoms with Crippen LogP contribution in [0.15, 0.2) is 36.4 Å². The topological polar surface area (TPSA) is 86.5 Å². The molecule has 0 aliphatic rings. The molecule has 3 N–H and O–H groups in total. The standard InChI is InChI=1S/C17H13ClFN5O/c18-6-5-15(25)20-10-2-4-12-11(8-10)16(24-23-12)17-21-13-3-1-9(19)7-14(13)22-17/h1-4,7-8H,5-6H2,(H,20,25)(H,21,22)(H,23,24). The van der Waals surface area contributed by atoms with Gasteiger partial charge in [0.2, 0.25) is 5.91 Å². The van der Waals surface area contributed by atoms with Crippen molar-refractivity contribution in [1.29, 1.82) is 0 Å². The molecule has 0 radical (unpaired) electrons. The number of imidazole rings is 1. The predicted octanol–water partition coefficient (Wildman–Crippen LogP) is 3.81. The molecule has 0 fully saturated rings.